The lowest BCUT2D eigenvalue weighted by Gasteiger charge is -2.14. The van der Waals surface area contributed by atoms with Crippen LogP contribution in [0.15, 0.2) is 18.6 Å². The molecule has 0 aromatic carbocycles. The van der Waals surface area contributed by atoms with Gasteiger partial charge in [-0.2, -0.15) is 0 Å². The summed E-state index contributed by atoms with van der Waals surface area (Å²) < 4.78 is 0. The summed E-state index contributed by atoms with van der Waals surface area (Å²) in [5, 5.41) is 7.08. The number of anilines is 1. The second kappa shape index (κ2) is 4.37. The molecule has 1 saturated carbocycles. The molecule has 16 heavy (non-hydrogen) atoms. The van der Waals surface area contributed by atoms with Gasteiger partial charge in [0.1, 0.15) is 12.1 Å². The average Bonchev–Trinajstić information content (AvgIpc) is 2.88. The second-order valence-corrected chi connectivity index (χ2v) is 4.87. The first-order chi connectivity index (χ1) is 7.92. The molecule has 0 bridgehead atoms. The van der Waals surface area contributed by atoms with Crippen molar-refractivity contribution in [1.29, 1.82) is 0 Å². The van der Waals surface area contributed by atoms with Crippen LogP contribution in [-0.4, -0.2) is 28.6 Å². The van der Waals surface area contributed by atoms with Gasteiger partial charge in [-0.15, -0.1) is 0 Å². The Balaban J connectivity index is 1.50. The molecule has 86 valence electrons. The molecule has 2 heterocycles. The van der Waals surface area contributed by atoms with E-state index in [4.69, 9.17) is 0 Å². The quantitative estimate of drug-likeness (QED) is 0.805. The van der Waals surface area contributed by atoms with E-state index in [0.717, 1.165) is 24.3 Å². The molecule has 4 heteroatoms. The predicted molar refractivity (Wildman–Crippen MR) is 63.2 cm³/mol. The molecule has 2 N–H and O–H groups in total. The summed E-state index contributed by atoms with van der Waals surface area (Å²) in [6.45, 7) is 0.976. The van der Waals surface area contributed by atoms with Crippen molar-refractivity contribution in [2.45, 2.75) is 37.8 Å². The fraction of sp³-hybridized carbons (Fsp3) is 0.667. The van der Waals surface area contributed by atoms with Crippen molar-refractivity contribution < 1.29 is 0 Å². The van der Waals surface area contributed by atoms with Crippen molar-refractivity contribution in [3.8, 4) is 0 Å². The van der Waals surface area contributed by atoms with E-state index in [-0.39, 0.29) is 0 Å². The second-order valence-electron chi connectivity index (χ2n) is 4.87. The monoisotopic (exact) mass is 218 g/mol. The van der Waals surface area contributed by atoms with Crippen LogP contribution in [0.25, 0.3) is 0 Å². The van der Waals surface area contributed by atoms with Crippen molar-refractivity contribution >= 4 is 5.82 Å². The first kappa shape index (κ1) is 10.0. The molecule has 2 aliphatic rings. The van der Waals surface area contributed by atoms with Crippen molar-refractivity contribution in [2.75, 3.05) is 11.9 Å². The van der Waals surface area contributed by atoms with E-state index in [1.807, 2.05) is 6.07 Å². The lowest BCUT2D eigenvalue weighted by atomic mass is 10.0. The van der Waals surface area contributed by atoms with Crippen LogP contribution < -0.4 is 10.6 Å². The molecule has 2 fully saturated rings. The molecule has 1 aliphatic heterocycles. The minimum absolute atomic E-state index is 0.616. The Morgan fingerprint density at radius 1 is 1.44 bits per heavy atom. The van der Waals surface area contributed by atoms with Crippen molar-refractivity contribution in [2.24, 2.45) is 5.92 Å². The maximum Gasteiger partial charge on any atom is 0.129 e. The number of nitrogens with one attached hydrogen (secondary N) is 2. The normalized spacial score (nSPS) is 32.6. The molecule has 1 aromatic rings. The Hall–Kier alpha value is -1.16. The zero-order chi connectivity index (χ0) is 10.8. The number of hydrogen-bond donors (Lipinski definition) is 2. The zero-order valence-corrected chi connectivity index (χ0v) is 9.39. The van der Waals surface area contributed by atoms with Crippen LogP contribution in [0.5, 0.6) is 0 Å². The number of nitrogens with zero attached hydrogens (tertiary/aromatic N) is 2. The fourth-order valence-corrected chi connectivity index (χ4v) is 3.04. The fourth-order valence-electron chi connectivity index (χ4n) is 3.04. The third-order valence-electron chi connectivity index (χ3n) is 3.81. The Labute approximate surface area is 95.9 Å². The molecule has 0 spiro atoms. The van der Waals surface area contributed by atoms with Crippen LogP contribution in [-0.2, 0) is 0 Å². The molecule has 0 radical (unpaired) electrons. The van der Waals surface area contributed by atoms with E-state index < -0.39 is 0 Å². The Bertz CT molecular complexity index is 328. The summed E-state index contributed by atoms with van der Waals surface area (Å²) in [7, 11) is 0. The zero-order valence-electron chi connectivity index (χ0n) is 9.39. The number of aromatic nitrogens is 2. The van der Waals surface area contributed by atoms with Crippen LogP contribution in [0.4, 0.5) is 5.82 Å². The molecule has 0 amide bonds. The SMILES string of the molecule is c1cc(NC[C@@H]2C[C@@H]3CCC[C@@H]3N2)ncn1. The van der Waals surface area contributed by atoms with Gasteiger partial charge >= 0.3 is 0 Å². The predicted octanol–water partition coefficient (Wildman–Crippen LogP) is 1.42. The number of rotatable bonds is 3. The van der Waals surface area contributed by atoms with Crippen LogP contribution in [0.3, 0.4) is 0 Å². The van der Waals surface area contributed by atoms with Gasteiger partial charge in [0.2, 0.25) is 0 Å². The van der Waals surface area contributed by atoms with Crippen LogP contribution in [0.1, 0.15) is 25.7 Å². The molecule has 0 unspecified atom stereocenters. The maximum atomic E-state index is 4.16. The standard InChI is InChI=1S/C12H18N4/c1-2-9-6-10(16-11(9)3-1)7-14-12-4-5-13-8-15-12/h4-5,8-11,16H,1-3,6-7H2,(H,13,14,15)/t9-,10-,11-/m0/s1. The topological polar surface area (TPSA) is 49.8 Å². The molecular formula is C12H18N4. The van der Waals surface area contributed by atoms with Gasteiger partial charge in [-0.25, -0.2) is 9.97 Å². The Morgan fingerprint density at radius 2 is 2.44 bits per heavy atom. The third-order valence-corrected chi connectivity index (χ3v) is 3.81. The minimum atomic E-state index is 0.616. The van der Waals surface area contributed by atoms with Gasteiger partial charge < -0.3 is 10.6 Å². The summed E-state index contributed by atoms with van der Waals surface area (Å²) in [5.74, 6) is 1.85. The van der Waals surface area contributed by atoms with E-state index in [1.54, 1.807) is 12.5 Å². The molecule has 1 aliphatic carbocycles. The molecule has 4 nitrogen and oxygen atoms in total. The van der Waals surface area contributed by atoms with Crippen LogP contribution >= 0.6 is 0 Å². The Kier molecular flexibility index (Phi) is 2.74. The number of fused-ring (bicyclic) bond motifs is 1. The van der Waals surface area contributed by atoms with Gasteiger partial charge in [0.15, 0.2) is 0 Å². The molecule has 3 atom stereocenters. The molecule has 1 aromatic heterocycles. The van der Waals surface area contributed by atoms with Crippen LogP contribution in [0, 0.1) is 5.92 Å². The van der Waals surface area contributed by atoms with E-state index >= 15 is 0 Å². The highest BCUT2D eigenvalue weighted by Gasteiger charge is 2.36. The van der Waals surface area contributed by atoms with Gasteiger partial charge in [0, 0.05) is 24.8 Å². The summed E-state index contributed by atoms with van der Waals surface area (Å²) in [6, 6.07) is 3.32. The summed E-state index contributed by atoms with van der Waals surface area (Å²) in [6.07, 6.45) is 8.87. The lowest BCUT2D eigenvalue weighted by molar-refractivity contribution is 0.517. The summed E-state index contributed by atoms with van der Waals surface area (Å²) in [5.41, 5.74) is 0. The van der Waals surface area contributed by atoms with E-state index in [1.165, 1.54) is 25.7 Å². The summed E-state index contributed by atoms with van der Waals surface area (Å²) >= 11 is 0. The minimum Gasteiger partial charge on any atom is -0.368 e. The van der Waals surface area contributed by atoms with Crippen molar-refractivity contribution in [3.05, 3.63) is 18.6 Å². The van der Waals surface area contributed by atoms with E-state index in [9.17, 15) is 0 Å². The third kappa shape index (κ3) is 2.02. The smallest absolute Gasteiger partial charge is 0.129 e. The highest BCUT2D eigenvalue weighted by atomic mass is 15.1. The van der Waals surface area contributed by atoms with Crippen molar-refractivity contribution in [3.63, 3.8) is 0 Å². The molecule has 3 rings (SSSR count). The molecular weight excluding hydrogens is 200 g/mol. The highest BCUT2D eigenvalue weighted by molar-refractivity contribution is 5.31. The van der Waals surface area contributed by atoms with E-state index in [0.29, 0.717) is 6.04 Å². The Morgan fingerprint density at radius 3 is 3.25 bits per heavy atom. The van der Waals surface area contributed by atoms with Gasteiger partial charge in [-0.05, 0) is 31.2 Å². The van der Waals surface area contributed by atoms with Crippen molar-refractivity contribution in [1.82, 2.24) is 15.3 Å². The van der Waals surface area contributed by atoms with Gasteiger partial charge in [-0.1, -0.05) is 6.42 Å². The van der Waals surface area contributed by atoms with Gasteiger partial charge in [-0.3, -0.25) is 0 Å². The van der Waals surface area contributed by atoms with Gasteiger partial charge in [0.25, 0.3) is 0 Å². The molecule has 1 saturated heterocycles. The van der Waals surface area contributed by atoms with E-state index in [2.05, 4.69) is 20.6 Å². The maximum absolute atomic E-state index is 4.16. The average molecular weight is 218 g/mol. The number of hydrogen-bond acceptors (Lipinski definition) is 4. The summed E-state index contributed by atoms with van der Waals surface area (Å²) in [4.78, 5) is 8.07. The van der Waals surface area contributed by atoms with Crippen LogP contribution in [0.2, 0.25) is 0 Å². The first-order valence-electron chi connectivity index (χ1n) is 6.18. The first-order valence-corrected chi connectivity index (χ1v) is 6.18. The highest BCUT2D eigenvalue weighted by Crippen LogP contribution is 2.34. The lowest BCUT2D eigenvalue weighted by Crippen LogP contribution is -2.34. The van der Waals surface area contributed by atoms with Gasteiger partial charge in [0.05, 0.1) is 0 Å². The largest absolute Gasteiger partial charge is 0.368 e.